The molecule has 1 fully saturated rings. The van der Waals surface area contributed by atoms with Gasteiger partial charge in [0.05, 0.1) is 13.0 Å². The highest BCUT2D eigenvalue weighted by atomic mass is 19.3. The minimum absolute atomic E-state index is 0.146. The Bertz CT molecular complexity index is 500. The standard InChI is InChI=1S/C15H18F3NO2/c16-13-7-11(1-2-12(13)8-15(20)21)10-3-5-19(6-4-10)9-14(17)18/h1-2,7,10,14H,3-6,8-9H2,(H,20,21). The Morgan fingerprint density at radius 3 is 2.52 bits per heavy atom. The fourth-order valence-corrected chi connectivity index (χ4v) is 2.77. The first-order chi connectivity index (χ1) is 9.95. The van der Waals surface area contributed by atoms with E-state index in [0.717, 1.165) is 5.56 Å². The maximum atomic E-state index is 13.8. The number of nitrogens with zero attached hydrogens (tertiary/aromatic N) is 1. The van der Waals surface area contributed by atoms with Crippen molar-refractivity contribution in [1.29, 1.82) is 0 Å². The summed E-state index contributed by atoms with van der Waals surface area (Å²) in [6.07, 6.45) is -1.23. The first-order valence-electron chi connectivity index (χ1n) is 6.96. The molecule has 1 aromatic rings. The van der Waals surface area contributed by atoms with Crippen molar-refractivity contribution in [3.63, 3.8) is 0 Å². The van der Waals surface area contributed by atoms with Gasteiger partial charge in [-0.15, -0.1) is 0 Å². The van der Waals surface area contributed by atoms with E-state index in [1.54, 1.807) is 11.0 Å². The van der Waals surface area contributed by atoms with Crippen LogP contribution in [0.25, 0.3) is 0 Å². The lowest BCUT2D eigenvalue weighted by atomic mass is 9.88. The van der Waals surface area contributed by atoms with Crippen molar-refractivity contribution in [2.45, 2.75) is 31.6 Å². The van der Waals surface area contributed by atoms with E-state index >= 15 is 0 Å². The molecule has 1 heterocycles. The second-order valence-electron chi connectivity index (χ2n) is 5.39. The fraction of sp³-hybridized carbons (Fsp3) is 0.533. The van der Waals surface area contributed by atoms with Gasteiger partial charge in [0.25, 0.3) is 6.43 Å². The molecule has 1 saturated heterocycles. The lowest BCUT2D eigenvalue weighted by Crippen LogP contribution is -2.36. The first-order valence-corrected chi connectivity index (χ1v) is 6.96. The third kappa shape index (κ3) is 4.46. The number of piperidine rings is 1. The summed E-state index contributed by atoms with van der Waals surface area (Å²) >= 11 is 0. The Kier molecular flexibility index (Phi) is 5.22. The Morgan fingerprint density at radius 2 is 2.00 bits per heavy atom. The predicted molar refractivity (Wildman–Crippen MR) is 72.2 cm³/mol. The van der Waals surface area contributed by atoms with Crippen molar-refractivity contribution < 1.29 is 23.1 Å². The van der Waals surface area contributed by atoms with Gasteiger partial charge in [-0.3, -0.25) is 9.69 Å². The van der Waals surface area contributed by atoms with Gasteiger partial charge < -0.3 is 5.11 Å². The molecular weight excluding hydrogens is 283 g/mol. The first kappa shape index (κ1) is 15.8. The molecule has 21 heavy (non-hydrogen) atoms. The third-order valence-electron chi connectivity index (χ3n) is 3.87. The number of aliphatic carboxylic acids is 1. The molecule has 0 atom stereocenters. The molecule has 1 aliphatic rings. The van der Waals surface area contributed by atoms with E-state index in [9.17, 15) is 18.0 Å². The Balaban J connectivity index is 1.97. The van der Waals surface area contributed by atoms with Crippen LogP contribution in [0, 0.1) is 5.82 Å². The SMILES string of the molecule is O=C(O)Cc1ccc(C2CCN(CC(F)F)CC2)cc1F. The van der Waals surface area contributed by atoms with Crippen molar-refractivity contribution in [3.8, 4) is 0 Å². The van der Waals surface area contributed by atoms with Gasteiger partial charge in [-0.1, -0.05) is 12.1 Å². The molecule has 0 unspecified atom stereocenters. The van der Waals surface area contributed by atoms with Crippen LogP contribution in [0.15, 0.2) is 18.2 Å². The van der Waals surface area contributed by atoms with Crippen LogP contribution < -0.4 is 0 Å². The Morgan fingerprint density at radius 1 is 1.33 bits per heavy atom. The van der Waals surface area contributed by atoms with Crippen LogP contribution in [0.5, 0.6) is 0 Å². The van der Waals surface area contributed by atoms with Gasteiger partial charge in [-0.25, -0.2) is 13.2 Å². The summed E-state index contributed by atoms with van der Waals surface area (Å²) in [6.45, 7) is 0.944. The second kappa shape index (κ2) is 6.93. The maximum absolute atomic E-state index is 13.8. The number of likely N-dealkylation sites (tertiary alicyclic amines) is 1. The van der Waals surface area contributed by atoms with E-state index < -0.39 is 18.2 Å². The molecule has 0 saturated carbocycles. The lowest BCUT2D eigenvalue weighted by Gasteiger charge is -2.31. The van der Waals surface area contributed by atoms with E-state index in [1.807, 2.05) is 0 Å². The molecule has 1 aliphatic heterocycles. The van der Waals surface area contributed by atoms with Gasteiger partial charge in [-0.2, -0.15) is 0 Å². The molecule has 2 rings (SSSR count). The van der Waals surface area contributed by atoms with E-state index in [4.69, 9.17) is 5.11 Å². The molecule has 0 aromatic heterocycles. The molecule has 1 N–H and O–H groups in total. The zero-order valence-electron chi connectivity index (χ0n) is 11.6. The molecule has 0 bridgehead atoms. The quantitative estimate of drug-likeness (QED) is 0.909. The zero-order chi connectivity index (χ0) is 15.4. The van der Waals surface area contributed by atoms with Crippen molar-refractivity contribution >= 4 is 5.97 Å². The molecule has 116 valence electrons. The van der Waals surface area contributed by atoms with E-state index in [-0.39, 0.29) is 24.4 Å². The topological polar surface area (TPSA) is 40.5 Å². The molecule has 0 aliphatic carbocycles. The van der Waals surface area contributed by atoms with Gasteiger partial charge in [0.2, 0.25) is 0 Å². The molecular formula is C15H18F3NO2. The van der Waals surface area contributed by atoms with E-state index in [0.29, 0.717) is 25.9 Å². The van der Waals surface area contributed by atoms with Crippen LogP contribution in [0.4, 0.5) is 13.2 Å². The molecule has 6 heteroatoms. The van der Waals surface area contributed by atoms with E-state index in [2.05, 4.69) is 0 Å². The smallest absolute Gasteiger partial charge is 0.307 e. The molecule has 0 amide bonds. The number of hydrogen-bond acceptors (Lipinski definition) is 2. The van der Waals surface area contributed by atoms with Gasteiger partial charge >= 0.3 is 5.97 Å². The predicted octanol–water partition coefficient (Wildman–Crippen LogP) is 2.90. The fourth-order valence-electron chi connectivity index (χ4n) is 2.77. The molecule has 0 spiro atoms. The van der Waals surface area contributed by atoms with Gasteiger partial charge in [0.1, 0.15) is 5.82 Å². The van der Waals surface area contributed by atoms with Gasteiger partial charge in [-0.05, 0) is 49.0 Å². The summed E-state index contributed by atoms with van der Waals surface area (Å²) in [6, 6.07) is 4.63. The summed E-state index contributed by atoms with van der Waals surface area (Å²) in [5, 5.41) is 8.68. The highest BCUT2D eigenvalue weighted by Gasteiger charge is 2.23. The minimum Gasteiger partial charge on any atom is -0.481 e. The number of benzene rings is 1. The highest BCUT2D eigenvalue weighted by Crippen LogP contribution is 2.29. The number of hydrogen-bond donors (Lipinski definition) is 1. The number of rotatable bonds is 5. The number of carboxylic acid groups (broad SMARTS) is 1. The highest BCUT2D eigenvalue weighted by molar-refractivity contribution is 5.70. The minimum atomic E-state index is -2.32. The summed E-state index contributed by atoms with van der Waals surface area (Å²) in [5.41, 5.74) is 0.986. The second-order valence-corrected chi connectivity index (χ2v) is 5.39. The van der Waals surface area contributed by atoms with Crippen molar-refractivity contribution in [1.82, 2.24) is 4.90 Å². The number of halogens is 3. The maximum Gasteiger partial charge on any atom is 0.307 e. The van der Waals surface area contributed by atoms with Crippen LogP contribution >= 0.6 is 0 Å². The summed E-state index contributed by atoms with van der Waals surface area (Å²) < 4.78 is 38.4. The van der Waals surface area contributed by atoms with E-state index in [1.165, 1.54) is 12.1 Å². The molecule has 3 nitrogen and oxygen atoms in total. The average Bonchev–Trinajstić information content (AvgIpc) is 2.41. The van der Waals surface area contributed by atoms with Crippen LogP contribution in [-0.2, 0) is 11.2 Å². The zero-order valence-corrected chi connectivity index (χ0v) is 11.6. The van der Waals surface area contributed by atoms with Crippen LogP contribution in [-0.4, -0.2) is 42.0 Å². The van der Waals surface area contributed by atoms with Crippen LogP contribution in [0.3, 0.4) is 0 Å². The van der Waals surface area contributed by atoms with Gasteiger partial charge in [0.15, 0.2) is 0 Å². The summed E-state index contributed by atoms with van der Waals surface area (Å²) in [7, 11) is 0. The Labute approximate surface area is 121 Å². The number of carboxylic acids is 1. The van der Waals surface area contributed by atoms with Crippen LogP contribution in [0.1, 0.15) is 29.9 Å². The summed E-state index contributed by atoms with van der Waals surface area (Å²) in [5.74, 6) is -1.43. The summed E-state index contributed by atoms with van der Waals surface area (Å²) in [4.78, 5) is 12.3. The Hall–Kier alpha value is -1.56. The van der Waals surface area contributed by atoms with Gasteiger partial charge in [0, 0.05) is 0 Å². The lowest BCUT2D eigenvalue weighted by molar-refractivity contribution is -0.136. The van der Waals surface area contributed by atoms with Crippen molar-refractivity contribution in [2.24, 2.45) is 0 Å². The largest absolute Gasteiger partial charge is 0.481 e. The van der Waals surface area contributed by atoms with Crippen molar-refractivity contribution in [2.75, 3.05) is 19.6 Å². The number of alkyl halides is 2. The normalized spacial score (nSPS) is 17.3. The molecule has 0 radical (unpaired) electrons. The average molecular weight is 301 g/mol. The third-order valence-corrected chi connectivity index (χ3v) is 3.87. The number of carbonyl (C=O) groups is 1. The monoisotopic (exact) mass is 301 g/mol. The molecule has 1 aromatic carbocycles. The van der Waals surface area contributed by atoms with Crippen molar-refractivity contribution in [3.05, 3.63) is 35.1 Å². The van der Waals surface area contributed by atoms with Crippen LogP contribution in [0.2, 0.25) is 0 Å².